The van der Waals surface area contributed by atoms with Crippen LogP contribution in [0.15, 0.2) is 49.1 Å². The second-order valence-electron chi connectivity index (χ2n) is 6.27. The Balaban J connectivity index is 1.50. The maximum Gasteiger partial charge on any atom is 0.217 e. The Bertz CT molecular complexity index is 884. The van der Waals surface area contributed by atoms with Gasteiger partial charge >= 0.3 is 0 Å². The summed E-state index contributed by atoms with van der Waals surface area (Å²) in [6.45, 7) is 5.21. The predicted octanol–water partition coefficient (Wildman–Crippen LogP) is 2.89. The van der Waals surface area contributed by atoms with Crippen LogP contribution in [0.25, 0.3) is 11.4 Å². The number of hydrogen-bond acceptors (Lipinski definition) is 6. The molecule has 0 saturated carbocycles. The van der Waals surface area contributed by atoms with Crippen molar-refractivity contribution in [3.8, 4) is 17.3 Å². The fourth-order valence-corrected chi connectivity index (χ4v) is 3.20. The second kappa shape index (κ2) is 7.58. The molecule has 6 nitrogen and oxygen atoms in total. The first-order valence-corrected chi connectivity index (χ1v) is 8.87. The van der Waals surface area contributed by atoms with E-state index in [1.165, 1.54) is 5.56 Å². The Labute approximate surface area is 152 Å². The van der Waals surface area contributed by atoms with Crippen molar-refractivity contribution in [2.24, 2.45) is 0 Å². The molecule has 0 N–H and O–H groups in total. The molecular formula is C20H21N5O. The van der Waals surface area contributed by atoms with Crippen LogP contribution in [-0.4, -0.2) is 38.0 Å². The standard InChI is InChI=1S/C20H21N5O/c1-2-26-20-16(6-4-9-22-20)13-25-10-7-18-17(14-25)12-23-19(24-18)15-5-3-8-21-11-15/h3-6,8-9,11-12H,2,7,10,13-14H2,1H3. The maximum absolute atomic E-state index is 5.64. The lowest BCUT2D eigenvalue weighted by Gasteiger charge is -2.28. The van der Waals surface area contributed by atoms with Crippen LogP contribution in [0.5, 0.6) is 5.88 Å². The van der Waals surface area contributed by atoms with Gasteiger partial charge < -0.3 is 4.74 Å². The van der Waals surface area contributed by atoms with Crippen molar-refractivity contribution in [2.75, 3.05) is 13.2 Å². The molecule has 0 bridgehead atoms. The molecule has 0 unspecified atom stereocenters. The molecule has 0 aliphatic carbocycles. The van der Waals surface area contributed by atoms with Crippen molar-refractivity contribution >= 4 is 0 Å². The SMILES string of the molecule is CCOc1ncccc1CN1CCc2nc(-c3cccnc3)ncc2C1. The van der Waals surface area contributed by atoms with Gasteiger partial charge in [-0.05, 0) is 25.1 Å². The quantitative estimate of drug-likeness (QED) is 0.707. The highest BCUT2D eigenvalue weighted by atomic mass is 16.5. The molecule has 3 aromatic heterocycles. The molecule has 0 saturated heterocycles. The number of fused-ring (bicyclic) bond motifs is 1. The summed E-state index contributed by atoms with van der Waals surface area (Å²) in [5, 5.41) is 0. The molecule has 1 aliphatic rings. The number of ether oxygens (including phenoxy) is 1. The smallest absolute Gasteiger partial charge is 0.217 e. The van der Waals surface area contributed by atoms with Gasteiger partial charge in [-0.2, -0.15) is 0 Å². The fraction of sp³-hybridized carbons (Fsp3) is 0.300. The van der Waals surface area contributed by atoms with E-state index in [2.05, 4.69) is 25.9 Å². The van der Waals surface area contributed by atoms with Gasteiger partial charge in [-0.15, -0.1) is 0 Å². The van der Waals surface area contributed by atoms with Gasteiger partial charge in [0.25, 0.3) is 0 Å². The van der Waals surface area contributed by atoms with E-state index in [1.54, 1.807) is 18.6 Å². The summed E-state index contributed by atoms with van der Waals surface area (Å²) in [6.07, 6.45) is 8.19. The molecule has 0 fully saturated rings. The third-order valence-electron chi connectivity index (χ3n) is 4.46. The highest BCUT2D eigenvalue weighted by molar-refractivity contribution is 5.53. The van der Waals surface area contributed by atoms with E-state index in [0.29, 0.717) is 6.61 Å². The first-order chi connectivity index (χ1) is 12.8. The molecule has 0 amide bonds. The van der Waals surface area contributed by atoms with Gasteiger partial charge in [-0.25, -0.2) is 15.0 Å². The molecule has 0 aromatic carbocycles. The Morgan fingerprint density at radius 2 is 2.04 bits per heavy atom. The van der Waals surface area contributed by atoms with Gasteiger partial charge in [0.1, 0.15) is 0 Å². The zero-order chi connectivity index (χ0) is 17.8. The van der Waals surface area contributed by atoms with E-state index in [9.17, 15) is 0 Å². The number of pyridine rings is 2. The summed E-state index contributed by atoms with van der Waals surface area (Å²) in [5.74, 6) is 1.47. The molecule has 0 spiro atoms. The van der Waals surface area contributed by atoms with E-state index in [0.717, 1.165) is 54.6 Å². The molecule has 26 heavy (non-hydrogen) atoms. The second-order valence-corrected chi connectivity index (χ2v) is 6.27. The van der Waals surface area contributed by atoms with Gasteiger partial charge in [0.05, 0.1) is 12.3 Å². The zero-order valence-corrected chi connectivity index (χ0v) is 14.8. The number of hydrogen-bond donors (Lipinski definition) is 0. The van der Waals surface area contributed by atoms with Gasteiger partial charge in [0, 0.05) is 67.5 Å². The third-order valence-corrected chi connectivity index (χ3v) is 4.46. The van der Waals surface area contributed by atoms with Crippen LogP contribution >= 0.6 is 0 Å². The van der Waals surface area contributed by atoms with Crippen LogP contribution in [0.2, 0.25) is 0 Å². The van der Waals surface area contributed by atoms with Gasteiger partial charge in [-0.3, -0.25) is 9.88 Å². The molecule has 3 aromatic rings. The summed E-state index contributed by atoms with van der Waals surface area (Å²) >= 11 is 0. The Kier molecular flexibility index (Phi) is 4.84. The van der Waals surface area contributed by atoms with Crippen LogP contribution in [0.3, 0.4) is 0 Å². The molecule has 6 heteroatoms. The largest absolute Gasteiger partial charge is 0.478 e. The Hall–Kier alpha value is -2.86. The predicted molar refractivity (Wildman–Crippen MR) is 98.5 cm³/mol. The summed E-state index contributed by atoms with van der Waals surface area (Å²) in [6, 6.07) is 7.93. The van der Waals surface area contributed by atoms with Crippen LogP contribution in [0.1, 0.15) is 23.7 Å². The minimum absolute atomic E-state index is 0.623. The number of rotatable bonds is 5. The summed E-state index contributed by atoms with van der Waals surface area (Å²) in [4.78, 5) is 20.2. The van der Waals surface area contributed by atoms with E-state index >= 15 is 0 Å². The summed E-state index contributed by atoms with van der Waals surface area (Å²) < 4.78 is 5.64. The van der Waals surface area contributed by atoms with Crippen LogP contribution in [0.4, 0.5) is 0 Å². The van der Waals surface area contributed by atoms with Crippen molar-refractivity contribution in [1.29, 1.82) is 0 Å². The van der Waals surface area contributed by atoms with E-state index in [4.69, 9.17) is 9.72 Å². The van der Waals surface area contributed by atoms with Crippen molar-refractivity contribution in [3.05, 3.63) is 65.9 Å². The molecule has 4 rings (SSSR count). The van der Waals surface area contributed by atoms with Gasteiger partial charge in [0.2, 0.25) is 5.88 Å². The number of aromatic nitrogens is 4. The minimum atomic E-state index is 0.623. The highest BCUT2D eigenvalue weighted by Crippen LogP contribution is 2.23. The van der Waals surface area contributed by atoms with Gasteiger partial charge in [0.15, 0.2) is 5.82 Å². The van der Waals surface area contributed by atoms with Crippen LogP contribution in [-0.2, 0) is 19.5 Å². The molecule has 1 aliphatic heterocycles. The molecular weight excluding hydrogens is 326 g/mol. The lowest BCUT2D eigenvalue weighted by atomic mass is 10.1. The Morgan fingerprint density at radius 1 is 1.12 bits per heavy atom. The van der Waals surface area contributed by atoms with E-state index < -0.39 is 0 Å². The van der Waals surface area contributed by atoms with Crippen LogP contribution in [0, 0.1) is 0 Å². The van der Waals surface area contributed by atoms with E-state index in [1.807, 2.05) is 31.3 Å². The van der Waals surface area contributed by atoms with Crippen molar-refractivity contribution in [1.82, 2.24) is 24.8 Å². The lowest BCUT2D eigenvalue weighted by molar-refractivity contribution is 0.235. The minimum Gasteiger partial charge on any atom is -0.478 e. The van der Waals surface area contributed by atoms with Crippen molar-refractivity contribution in [3.63, 3.8) is 0 Å². The van der Waals surface area contributed by atoms with E-state index in [-0.39, 0.29) is 0 Å². The lowest BCUT2D eigenvalue weighted by Crippen LogP contribution is -2.31. The van der Waals surface area contributed by atoms with Crippen LogP contribution < -0.4 is 4.74 Å². The molecule has 132 valence electrons. The summed E-state index contributed by atoms with van der Waals surface area (Å²) in [5.41, 5.74) is 4.39. The highest BCUT2D eigenvalue weighted by Gasteiger charge is 2.20. The average molecular weight is 347 g/mol. The first kappa shape index (κ1) is 16.6. The Morgan fingerprint density at radius 3 is 2.88 bits per heavy atom. The van der Waals surface area contributed by atoms with Crippen molar-refractivity contribution in [2.45, 2.75) is 26.4 Å². The third kappa shape index (κ3) is 3.55. The maximum atomic E-state index is 5.64. The molecule has 4 heterocycles. The average Bonchev–Trinajstić information content (AvgIpc) is 2.70. The fourth-order valence-electron chi connectivity index (χ4n) is 3.20. The summed E-state index contributed by atoms with van der Waals surface area (Å²) in [7, 11) is 0. The topological polar surface area (TPSA) is 64.0 Å². The normalized spacial score (nSPS) is 14.0. The molecule has 0 atom stereocenters. The van der Waals surface area contributed by atoms with Gasteiger partial charge in [-0.1, -0.05) is 6.07 Å². The zero-order valence-electron chi connectivity index (χ0n) is 14.8. The first-order valence-electron chi connectivity index (χ1n) is 8.87. The monoisotopic (exact) mass is 347 g/mol. The number of nitrogens with zero attached hydrogens (tertiary/aromatic N) is 5. The van der Waals surface area contributed by atoms with Crippen molar-refractivity contribution < 1.29 is 4.74 Å². The molecule has 0 radical (unpaired) electrons.